The maximum absolute atomic E-state index is 6.21. The third-order valence-electron chi connectivity index (χ3n) is 2.60. The van der Waals surface area contributed by atoms with Gasteiger partial charge in [0.1, 0.15) is 5.75 Å². The smallest absolute Gasteiger partial charge is 0.118 e. The van der Waals surface area contributed by atoms with Gasteiger partial charge < -0.3 is 4.74 Å². The van der Waals surface area contributed by atoms with Gasteiger partial charge >= 0.3 is 0 Å². The molecule has 0 saturated heterocycles. The van der Waals surface area contributed by atoms with E-state index in [9.17, 15) is 0 Å². The highest BCUT2D eigenvalue weighted by Crippen LogP contribution is 2.31. The number of ether oxygens (including phenoxy) is 1. The van der Waals surface area contributed by atoms with Crippen molar-refractivity contribution in [3.8, 4) is 16.9 Å². The number of hydrogen-bond acceptors (Lipinski definition) is 1. The minimum atomic E-state index is 0.783. The zero-order chi connectivity index (χ0) is 11.5. The fraction of sp³-hybridized carbons (Fsp3) is 0.143. The van der Waals surface area contributed by atoms with Crippen molar-refractivity contribution in [1.82, 2.24) is 0 Å². The van der Waals surface area contributed by atoms with E-state index in [-0.39, 0.29) is 0 Å². The summed E-state index contributed by atoms with van der Waals surface area (Å²) in [5, 5.41) is 0.783. The first-order valence-corrected chi connectivity index (χ1v) is 5.49. The molecule has 0 bridgehead atoms. The normalized spacial score (nSPS) is 10.2. The summed E-state index contributed by atoms with van der Waals surface area (Å²) in [6.07, 6.45) is 0. The molecule has 0 aliphatic carbocycles. The molecule has 0 heterocycles. The molecule has 2 heteroatoms. The Morgan fingerprint density at radius 2 is 1.69 bits per heavy atom. The molecule has 16 heavy (non-hydrogen) atoms. The number of rotatable bonds is 2. The Labute approximate surface area is 101 Å². The van der Waals surface area contributed by atoms with Crippen molar-refractivity contribution in [1.29, 1.82) is 0 Å². The van der Waals surface area contributed by atoms with E-state index >= 15 is 0 Å². The number of benzene rings is 2. The summed E-state index contributed by atoms with van der Waals surface area (Å²) in [5.74, 6) is 0.855. The monoisotopic (exact) mass is 232 g/mol. The van der Waals surface area contributed by atoms with Crippen molar-refractivity contribution < 1.29 is 4.74 Å². The first kappa shape index (κ1) is 11.0. The third kappa shape index (κ3) is 2.05. The largest absolute Gasteiger partial charge is 0.497 e. The number of hydrogen-bond donors (Lipinski definition) is 0. The predicted octanol–water partition coefficient (Wildman–Crippen LogP) is 4.32. The minimum absolute atomic E-state index is 0.783. The molecule has 2 rings (SSSR count). The van der Waals surface area contributed by atoms with Gasteiger partial charge in [0.05, 0.1) is 7.11 Å². The number of aryl methyl sites for hydroxylation is 1. The molecule has 0 unspecified atom stereocenters. The van der Waals surface area contributed by atoms with E-state index in [4.69, 9.17) is 16.3 Å². The molecule has 2 aromatic rings. The minimum Gasteiger partial charge on any atom is -0.497 e. The highest BCUT2D eigenvalue weighted by Gasteiger charge is 2.06. The lowest BCUT2D eigenvalue weighted by molar-refractivity contribution is 0.415. The van der Waals surface area contributed by atoms with Crippen LogP contribution in [0, 0.1) is 6.92 Å². The molecule has 0 amide bonds. The molecule has 0 radical (unpaired) electrons. The summed E-state index contributed by atoms with van der Waals surface area (Å²) in [4.78, 5) is 0. The van der Waals surface area contributed by atoms with E-state index in [1.807, 2.05) is 36.4 Å². The molecular formula is C14H13ClO. The fourth-order valence-electron chi connectivity index (χ4n) is 1.76. The summed E-state index contributed by atoms with van der Waals surface area (Å²) in [6, 6.07) is 13.9. The molecule has 2 aromatic carbocycles. The molecule has 1 nitrogen and oxygen atoms in total. The standard InChI is InChI=1S/C14H13ClO/c1-10-4-3-5-13(15)14(10)11-6-8-12(16-2)9-7-11/h3-9H,1-2H3. The Morgan fingerprint density at radius 3 is 2.25 bits per heavy atom. The summed E-state index contributed by atoms with van der Waals surface area (Å²) in [5.41, 5.74) is 3.38. The highest BCUT2D eigenvalue weighted by molar-refractivity contribution is 6.33. The van der Waals surface area contributed by atoms with Crippen molar-refractivity contribution in [3.05, 3.63) is 53.1 Å². The van der Waals surface area contributed by atoms with Gasteiger partial charge in [0.15, 0.2) is 0 Å². The average Bonchev–Trinajstić information content (AvgIpc) is 2.30. The summed E-state index contributed by atoms with van der Waals surface area (Å²) in [7, 11) is 1.66. The first-order chi connectivity index (χ1) is 7.72. The Balaban J connectivity index is 2.50. The SMILES string of the molecule is COc1ccc(-c2c(C)cccc2Cl)cc1. The van der Waals surface area contributed by atoms with Gasteiger partial charge in [-0.25, -0.2) is 0 Å². The van der Waals surface area contributed by atoms with Crippen molar-refractivity contribution in [3.63, 3.8) is 0 Å². The van der Waals surface area contributed by atoms with Gasteiger partial charge in [-0.3, -0.25) is 0 Å². The number of halogens is 1. The van der Waals surface area contributed by atoms with Crippen LogP contribution in [0.4, 0.5) is 0 Å². The van der Waals surface area contributed by atoms with Crippen molar-refractivity contribution in [2.75, 3.05) is 7.11 Å². The van der Waals surface area contributed by atoms with E-state index in [0.717, 1.165) is 21.9 Å². The second-order valence-corrected chi connectivity index (χ2v) is 4.07. The Morgan fingerprint density at radius 1 is 1.00 bits per heavy atom. The van der Waals surface area contributed by atoms with Gasteiger partial charge in [0, 0.05) is 10.6 Å². The van der Waals surface area contributed by atoms with E-state index in [1.54, 1.807) is 7.11 Å². The quantitative estimate of drug-likeness (QED) is 0.749. The van der Waals surface area contributed by atoms with Crippen LogP contribution in [0.3, 0.4) is 0 Å². The van der Waals surface area contributed by atoms with Crippen molar-refractivity contribution in [2.24, 2.45) is 0 Å². The molecular weight excluding hydrogens is 220 g/mol. The first-order valence-electron chi connectivity index (χ1n) is 5.12. The van der Waals surface area contributed by atoms with Gasteiger partial charge in [0.2, 0.25) is 0 Å². The van der Waals surface area contributed by atoms with Crippen LogP contribution in [-0.4, -0.2) is 7.11 Å². The summed E-state index contributed by atoms with van der Waals surface area (Å²) in [6.45, 7) is 2.06. The van der Waals surface area contributed by atoms with Gasteiger partial charge in [-0.2, -0.15) is 0 Å². The second kappa shape index (κ2) is 4.58. The molecule has 0 atom stereocenters. The second-order valence-electron chi connectivity index (χ2n) is 3.66. The van der Waals surface area contributed by atoms with Crippen LogP contribution in [-0.2, 0) is 0 Å². The van der Waals surface area contributed by atoms with Crippen LogP contribution in [0.15, 0.2) is 42.5 Å². The van der Waals surface area contributed by atoms with E-state index < -0.39 is 0 Å². The number of methoxy groups -OCH3 is 1. The molecule has 82 valence electrons. The zero-order valence-corrected chi connectivity index (χ0v) is 10.1. The third-order valence-corrected chi connectivity index (χ3v) is 2.92. The van der Waals surface area contributed by atoms with Gasteiger partial charge in [-0.05, 0) is 36.2 Å². The molecule has 0 aromatic heterocycles. The molecule has 0 aliphatic rings. The summed E-state index contributed by atoms with van der Waals surface area (Å²) >= 11 is 6.21. The molecule has 0 fully saturated rings. The van der Waals surface area contributed by atoms with Crippen LogP contribution >= 0.6 is 11.6 Å². The van der Waals surface area contributed by atoms with Gasteiger partial charge in [0.25, 0.3) is 0 Å². The Bertz CT molecular complexity index is 468. The molecule has 0 saturated carbocycles. The van der Waals surface area contributed by atoms with E-state index in [2.05, 4.69) is 13.0 Å². The maximum Gasteiger partial charge on any atom is 0.118 e. The van der Waals surface area contributed by atoms with Crippen molar-refractivity contribution in [2.45, 2.75) is 6.92 Å². The van der Waals surface area contributed by atoms with E-state index in [1.165, 1.54) is 5.56 Å². The Hall–Kier alpha value is -1.47. The van der Waals surface area contributed by atoms with Crippen LogP contribution < -0.4 is 4.74 Å². The highest BCUT2D eigenvalue weighted by atomic mass is 35.5. The van der Waals surface area contributed by atoms with Crippen LogP contribution in [0.25, 0.3) is 11.1 Å². The Kier molecular flexibility index (Phi) is 3.16. The van der Waals surface area contributed by atoms with Crippen LogP contribution in [0.5, 0.6) is 5.75 Å². The molecule has 0 aliphatic heterocycles. The summed E-state index contributed by atoms with van der Waals surface area (Å²) < 4.78 is 5.13. The average molecular weight is 233 g/mol. The molecule has 0 spiro atoms. The lowest BCUT2D eigenvalue weighted by Gasteiger charge is -2.09. The lowest BCUT2D eigenvalue weighted by Crippen LogP contribution is -1.86. The topological polar surface area (TPSA) is 9.23 Å². The van der Waals surface area contributed by atoms with Crippen LogP contribution in [0.2, 0.25) is 5.02 Å². The van der Waals surface area contributed by atoms with Gasteiger partial charge in [-0.15, -0.1) is 0 Å². The van der Waals surface area contributed by atoms with Crippen molar-refractivity contribution >= 4 is 11.6 Å². The predicted molar refractivity (Wildman–Crippen MR) is 68.2 cm³/mol. The van der Waals surface area contributed by atoms with Gasteiger partial charge in [-0.1, -0.05) is 35.9 Å². The van der Waals surface area contributed by atoms with E-state index in [0.29, 0.717) is 0 Å². The lowest BCUT2D eigenvalue weighted by atomic mass is 10.0. The van der Waals surface area contributed by atoms with Crippen LogP contribution in [0.1, 0.15) is 5.56 Å². The fourth-order valence-corrected chi connectivity index (χ4v) is 2.09. The maximum atomic E-state index is 6.21. The zero-order valence-electron chi connectivity index (χ0n) is 9.33. The molecule has 0 N–H and O–H groups in total.